The van der Waals surface area contributed by atoms with Crippen molar-refractivity contribution in [3.63, 3.8) is 0 Å². The molecule has 0 spiro atoms. The first kappa shape index (κ1) is 30.1. The van der Waals surface area contributed by atoms with E-state index in [9.17, 15) is 35.5 Å². The first-order valence-electron chi connectivity index (χ1n) is 12.2. The summed E-state index contributed by atoms with van der Waals surface area (Å²) in [6, 6.07) is 6.67. The Hall–Kier alpha value is -3.48. The lowest BCUT2D eigenvalue weighted by molar-refractivity contribution is -0.140. The van der Waals surface area contributed by atoms with Crippen molar-refractivity contribution in [2.75, 3.05) is 11.9 Å². The van der Waals surface area contributed by atoms with Crippen LogP contribution in [0.4, 0.5) is 36.4 Å². The molecule has 0 aliphatic carbocycles. The number of hydrogen-bond donors (Lipinski definition) is 1. The summed E-state index contributed by atoms with van der Waals surface area (Å²) in [5.74, 6) is -2.22. The van der Waals surface area contributed by atoms with Crippen LogP contribution in [-0.4, -0.2) is 33.5 Å². The van der Waals surface area contributed by atoms with E-state index in [1.165, 1.54) is 12.1 Å². The standard InChI is InChI=1S/C24H21F7N4O2.C2H6/c1-13-9-14(21(36)32-17-4-2-3-16(11-17)23(26,27)28)7-8-35(13)12-20-33-22(37-34-20)15-5-6-19(25)18(10-15)24(29,30)31;1-2/h2-6,10-11,13-14H,7-9,12H2,1H3,(H,32,36);1-2H3. The van der Waals surface area contributed by atoms with Gasteiger partial charge in [0, 0.05) is 23.2 Å². The summed E-state index contributed by atoms with van der Waals surface area (Å²) < 4.78 is 96.3. The molecule has 0 radical (unpaired) electrons. The maximum absolute atomic E-state index is 13.5. The van der Waals surface area contributed by atoms with Gasteiger partial charge in [-0.2, -0.15) is 31.3 Å². The van der Waals surface area contributed by atoms with Gasteiger partial charge in [-0.05, 0) is 62.7 Å². The third-order valence-corrected chi connectivity index (χ3v) is 6.17. The van der Waals surface area contributed by atoms with Crippen LogP contribution in [0.15, 0.2) is 47.0 Å². The maximum Gasteiger partial charge on any atom is 0.419 e. The fourth-order valence-electron chi connectivity index (χ4n) is 4.20. The van der Waals surface area contributed by atoms with Crippen LogP contribution >= 0.6 is 0 Å². The normalized spacial score (nSPS) is 18.3. The first-order chi connectivity index (χ1) is 18.3. The van der Waals surface area contributed by atoms with E-state index in [0.29, 0.717) is 31.5 Å². The van der Waals surface area contributed by atoms with Crippen LogP contribution in [0.1, 0.15) is 50.6 Å². The van der Waals surface area contributed by atoms with E-state index in [1.807, 2.05) is 25.7 Å². The molecule has 13 heteroatoms. The number of likely N-dealkylation sites (tertiary alicyclic amines) is 1. The van der Waals surface area contributed by atoms with Gasteiger partial charge in [0.05, 0.1) is 17.7 Å². The third-order valence-electron chi connectivity index (χ3n) is 6.17. The summed E-state index contributed by atoms with van der Waals surface area (Å²) in [7, 11) is 0. The molecule has 2 aromatic carbocycles. The molecule has 212 valence electrons. The van der Waals surface area contributed by atoms with Crippen molar-refractivity contribution < 1.29 is 40.1 Å². The van der Waals surface area contributed by atoms with E-state index in [0.717, 1.165) is 18.2 Å². The number of rotatable bonds is 5. The molecule has 39 heavy (non-hydrogen) atoms. The van der Waals surface area contributed by atoms with E-state index in [-0.39, 0.29) is 41.5 Å². The quantitative estimate of drug-likeness (QED) is 0.335. The summed E-state index contributed by atoms with van der Waals surface area (Å²) in [4.78, 5) is 18.7. The van der Waals surface area contributed by atoms with Crippen LogP contribution in [0.25, 0.3) is 11.5 Å². The van der Waals surface area contributed by atoms with Crippen LogP contribution in [0, 0.1) is 11.7 Å². The average molecular weight is 561 g/mol. The fraction of sp³-hybridized carbons (Fsp3) is 0.423. The molecular formula is C26H27F7N4O2. The van der Waals surface area contributed by atoms with Gasteiger partial charge < -0.3 is 9.84 Å². The van der Waals surface area contributed by atoms with Crippen LogP contribution < -0.4 is 5.32 Å². The lowest BCUT2D eigenvalue weighted by Gasteiger charge is -2.36. The van der Waals surface area contributed by atoms with Gasteiger partial charge in [0.25, 0.3) is 5.89 Å². The Kier molecular flexibility index (Phi) is 9.36. The number of nitrogens with zero attached hydrogens (tertiary/aromatic N) is 3. The Morgan fingerprint density at radius 3 is 2.44 bits per heavy atom. The zero-order chi connectivity index (χ0) is 29.0. The second kappa shape index (κ2) is 12.1. The summed E-state index contributed by atoms with van der Waals surface area (Å²) in [6.07, 6.45) is -8.56. The smallest absolute Gasteiger partial charge is 0.334 e. The molecule has 2 atom stereocenters. The van der Waals surface area contributed by atoms with Gasteiger partial charge in [-0.1, -0.05) is 25.1 Å². The number of halogens is 7. The summed E-state index contributed by atoms with van der Waals surface area (Å²) >= 11 is 0. The Balaban J connectivity index is 0.00000205. The van der Waals surface area contributed by atoms with Crippen molar-refractivity contribution in [2.45, 2.75) is 58.6 Å². The minimum Gasteiger partial charge on any atom is -0.334 e. The Morgan fingerprint density at radius 1 is 1.08 bits per heavy atom. The summed E-state index contributed by atoms with van der Waals surface area (Å²) in [6.45, 7) is 6.50. The van der Waals surface area contributed by atoms with E-state index < -0.39 is 35.2 Å². The van der Waals surface area contributed by atoms with Crippen LogP contribution in [0.5, 0.6) is 0 Å². The second-order valence-corrected chi connectivity index (χ2v) is 8.82. The number of aromatic nitrogens is 2. The van der Waals surface area contributed by atoms with Gasteiger partial charge >= 0.3 is 12.4 Å². The van der Waals surface area contributed by atoms with Crippen LogP contribution in [0.3, 0.4) is 0 Å². The van der Waals surface area contributed by atoms with E-state index in [2.05, 4.69) is 15.5 Å². The predicted octanol–water partition coefficient (Wildman–Crippen LogP) is 7.18. The molecule has 2 unspecified atom stereocenters. The third kappa shape index (κ3) is 7.55. The van der Waals surface area contributed by atoms with Crippen molar-refractivity contribution in [3.05, 3.63) is 65.2 Å². The second-order valence-electron chi connectivity index (χ2n) is 8.82. The van der Waals surface area contributed by atoms with Gasteiger partial charge in [0.2, 0.25) is 5.91 Å². The molecule has 1 aromatic heterocycles. The molecule has 1 saturated heterocycles. The van der Waals surface area contributed by atoms with Crippen molar-refractivity contribution in [1.82, 2.24) is 15.0 Å². The van der Waals surface area contributed by atoms with Gasteiger partial charge in [-0.15, -0.1) is 0 Å². The number of anilines is 1. The number of carbonyl (C=O) groups is 1. The van der Waals surface area contributed by atoms with Crippen LogP contribution in [-0.2, 0) is 23.7 Å². The van der Waals surface area contributed by atoms with Gasteiger partial charge in [-0.3, -0.25) is 9.69 Å². The molecular weight excluding hydrogens is 533 g/mol. The minimum absolute atomic E-state index is 0.0590. The van der Waals surface area contributed by atoms with Gasteiger partial charge in [0.1, 0.15) is 5.82 Å². The van der Waals surface area contributed by atoms with E-state index in [1.54, 1.807) is 0 Å². The monoisotopic (exact) mass is 560 g/mol. The molecule has 2 heterocycles. The van der Waals surface area contributed by atoms with E-state index >= 15 is 0 Å². The number of hydrogen-bond acceptors (Lipinski definition) is 5. The highest BCUT2D eigenvalue weighted by molar-refractivity contribution is 5.92. The average Bonchev–Trinajstić information content (AvgIpc) is 3.34. The van der Waals surface area contributed by atoms with Gasteiger partial charge in [-0.25, -0.2) is 4.39 Å². The zero-order valence-electron chi connectivity index (χ0n) is 21.3. The number of nitrogens with one attached hydrogen (secondary N) is 1. The first-order valence-corrected chi connectivity index (χ1v) is 12.2. The Bertz CT molecular complexity index is 1270. The molecule has 1 aliphatic rings. The number of carbonyl (C=O) groups excluding carboxylic acids is 1. The van der Waals surface area contributed by atoms with Crippen molar-refractivity contribution in [3.8, 4) is 11.5 Å². The van der Waals surface area contributed by atoms with Crippen molar-refractivity contribution in [1.29, 1.82) is 0 Å². The van der Waals surface area contributed by atoms with Gasteiger partial charge in [0.15, 0.2) is 5.82 Å². The summed E-state index contributed by atoms with van der Waals surface area (Å²) in [5, 5.41) is 6.35. The topological polar surface area (TPSA) is 71.3 Å². The van der Waals surface area contributed by atoms with Crippen LogP contribution in [0.2, 0.25) is 0 Å². The molecule has 1 aliphatic heterocycles. The zero-order valence-corrected chi connectivity index (χ0v) is 21.3. The largest absolute Gasteiger partial charge is 0.419 e. The number of alkyl halides is 6. The van der Waals surface area contributed by atoms with Crippen molar-refractivity contribution >= 4 is 11.6 Å². The predicted molar refractivity (Wildman–Crippen MR) is 129 cm³/mol. The van der Waals surface area contributed by atoms with Crippen molar-refractivity contribution in [2.24, 2.45) is 5.92 Å². The highest BCUT2D eigenvalue weighted by Gasteiger charge is 2.35. The lowest BCUT2D eigenvalue weighted by Crippen LogP contribution is -2.43. The SMILES string of the molecule is CC.CC1CC(C(=O)Nc2cccc(C(F)(F)F)c2)CCN1Cc1noc(-c2ccc(F)c(C(F)(F)F)c2)n1. The highest BCUT2D eigenvalue weighted by atomic mass is 19.4. The molecule has 1 amide bonds. The fourth-order valence-corrected chi connectivity index (χ4v) is 4.20. The molecule has 1 fully saturated rings. The number of benzene rings is 2. The minimum atomic E-state index is -4.88. The Labute approximate surface area is 220 Å². The summed E-state index contributed by atoms with van der Waals surface area (Å²) in [5.41, 5.74) is -2.32. The molecule has 0 bridgehead atoms. The Morgan fingerprint density at radius 2 is 1.79 bits per heavy atom. The lowest BCUT2D eigenvalue weighted by atomic mass is 9.90. The molecule has 1 N–H and O–H groups in total. The number of amides is 1. The van der Waals surface area contributed by atoms with E-state index in [4.69, 9.17) is 4.52 Å². The molecule has 4 rings (SSSR count). The molecule has 6 nitrogen and oxygen atoms in total. The highest BCUT2D eigenvalue weighted by Crippen LogP contribution is 2.34. The molecule has 0 saturated carbocycles. The maximum atomic E-state index is 13.5. The molecule has 3 aromatic rings. The number of piperidine rings is 1.